The summed E-state index contributed by atoms with van der Waals surface area (Å²) >= 11 is 1.37. The smallest absolute Gasteiger partial charge is 0.308 e. The minimum Gasteiger partial charge on any atom is -0.456 e. The van der Waals surface area contributed by atoms with Gasteiger partial charge in [0.05, 0.1) is 11.3 Å². The maximum Gasteiger partial charge on any atom is 0.308 e. The van der Waals surface area contributed by atoms with E-state index in [0.717, 1.165) is 18.2 Å². The van der Waals surface area contributed by atoms with E-state index in [1.165, 1.54) is 11.3 Å². The van der Waals surface area contributed by atoms with Crippen molar-refractivity contribution in [3.63, 3.8) is 0 Å². The zero-order chi connectivity index (χ0) is 19.8. The Morgan fingerprint density at radius 1 is 1.26 bits per heavy atom. The summed E-state index contributed by atoms with van der Waals surface area (Å²) in [5.74, 6) is -2.80. The van der Waals surface area contributed by atoms with E-state index < -0.39 is 34.9 Å². The summed E-state index contributed by atoms with van der Waals surface area (Å²) in [6.07, 6.45) is -0.134. The molecule has 0 bridgehead atoms. The van der Waals surface area contributed by atoms with Gasteiger partial charge in [-0.2, -0.15) is 15.7 Å². The fraction of sp³-hybridized carbons (Fsp3) is 0.188. The molecule has 0 saturated carbocycles. The van der Waals surface area contributed by atoms with Gasteiger partial charge in [-0.1, -0.05) is 0 Å². The van der Waals surface area contributed by atoms with Crippen molar-refractivity contribution < 1.29 is 28.4 Å². The fourth-order valence-corrected chi connectivity index (χ4v) is 2.56. The van der Waals surface area contributed by atoms with E-state index in [4.69, 9.17) is 4.74 Å². The second kappa shape index (κ2) is 9.38. The zero-order valence-electron chi connectivity index (χ0n) is 13.8. The zero-order valence-corrected chi connectivity index (χ0v) is 14.6. The van der Waals surface area contributed by atoms with Gasteiger partial charge in [-0.15, -0.1) is 0 Å². The average molecular weight is 395 g/mol. The lowest BCUT2D eigenvalue weighted by Gasteiger charge is -2.07. The molecular formula is C16H14FN3O6S. The summed E-state index contributed by atoms with van der Waals surface area (Å²) in [5, 5.41) is 18.9. The molecule has 0 spiro atoms. The van der Waals surface area contributed by atoms with Crippen molar-refractivity contribution in [3.05, 3.63) is 56.5 Å². The van der Waals surface area contributed by atoms with E-state index in [1.807, 2.05) is 0 Å². The van der Waals surface area contributed by atoms with Crippen molar-refractivity contribution in [2.75, 3.05) is 18.5 Å². The first kappa shape index (κ1) is 20.0. The second-order valence-electron chi connectivity index (χ2n) is 5.15. The van der Waals surface area contributed by atoms with Crippen LogP contribution in [0, 0.1) is 15.9 Å². The largest absolute Gasteiger partial charge is 0.456 e. The molecule has 0 aliphatic carbocycles. The van der Waals surface area contributed by atoms with Gasteiger partial charge < -0.3 is 15.4 Å². The Bertz CT molecular complexity index is 856. The highest BCUT2D eigenvalue weighted by Gasteiger charge is 2.16. The number of carbonyl (C=O) groups excluding carboxylic acids is 3. The summed E-state index contributed by atoms with van der Waals surface area (Å²) in [6.45, 7) is -0.582. The number of hydrogen-bond acceptors (Lipinski definition) is 7. The number of esters is 1. The highest BCUT2D eigenvalue weighted by Crippen LogP contribution is 2.21. The molecular weight excluding hydrogens is 381 g/mol. The first-order valence-corrected chi connectivity index (χ1v) is 8.51. The molecule has 1 heterocycles. The predicted octanol–water partition coefficient (Wildman–Crippen LogP) is 2.10. The number of hydrogen-bond donors (Lipinski definition) is 2. The standard InChI is InChI=1S/C16H14FN3O6S/c17-12-2-1-11(7-13(12)20(24)25)19-14(21)8-26-15(22)3-5-18-16(23)10-4-6-27-9-10/h1-2,4,6-7,9H,3,5,8H2,(H,18,23)(H,19,21). The van der Waals surface area contributed by atoms with Crippen LogP contribution in [0.3, 0.4) is 0 Å². The molecule has 2 rings (SSSR count). The highest BCUT2D eigenvalue weighted by molar-refractivity contribution is 7.08. The third-order valence-corrected chi connectivity index (χ3v) is 3.87. The lowest BCUT2D eigenvalue weighted by Crippen LogP contribution is -2.27. The molecule has 27 heavy (non-hydrogen) atoms. The predicted molar refractivity (Wildman–Crippen MR) is 93.9 cm³/mol. The van der Waals surface area contributed by atoms with Gasteiger partial charge in [-0.25, -0.2) is 0 Å². The molecule has 142 valence electrons. The second-order valence-corrected chi connectivity index (χ2v) is 5.93. The van der Waals surface area contributed by atoms with E-state index in [1.54, 1.807) is 16.8 Å². The number of nitro groups is 1. The maximum absolute atomic E-state index is 13.2. The Morgan fingerprint density at radius 3 is 2.70 bits per heavy atom. The maximum atomic E-state index is 13.2. The number of ether oxygens (including phenoxy) is 1. The topological polar surface area (TPSA) is 128 Å². The molecule has 0 aliphatic heterocycles. The van der Waals surface area contributed by atoms with Crippen molar-refractivity contribution >= 4 is 40.5 Å². The van der Waals surface area contributed by atoms with Gasteiger partial charge >= 0.3 is 11.7 Å². The van der Waals surface area contributed by atoms with Gasteiger partial charge in [-0.05, 0) is 23.6 Å². The third kappa shape index (κ3) is 6.15. The van der Waals surface area contributed by atoms with Crippen LogP contribution in [0.1, 0.15) is 16.8 Å². The highest BCUT2D eigenvalue weighted by atomic mass is 32.1. The van der Waals surface area contributed by atoms with Gasteiger partial charge in [0, 0.05) is 29.2 Å². The molecule has 11 heteroatoms. The summed E-state index contributed by atoms with van der Waals surface area (Å²) in [6, 6.07) is 4.48. The average Bonchev–Trinajstić information content (AvgIpc) is 3.16. The van der Waals surface area contributed by atoms with Crippen LogP contribution in [0.2, 0.25) is 0 Å². The molecule has 1 aromatic heterocycles. The summed E-state index contributed by atoms with van der Waals surface area (Å²) in [7, 11) is 0. The number of anilines is 1. The Balaban J connectivity index is 1.72. The van der Waals surface area contributed by atoms with E-state index in [2.05, 4.69) is 10.6 Å². The fourth-order valence-electron chi connectivity index (χ4n) is 1.92. The van der Waals surface area contributed by atoms with Crippen molar-refractivity contribution in [1.29, 1.82) is 0 Å². The Hall–Kier alpha value is -3.34. The Kier molecular flexibility index (Phi) is 6.94. The number of halogens is 1. The van der Waals surface area contributed by atoms with Gasteiger partial charge in [0.1, 0.15) is 0 Å². The van der Waals surface area contributed by atoms with Crippen molar-refractivity contribution in [1.82, 2.24) is 5.32 Å². The Labute approximate surface area is 156 Å². The molecule has 9 nitrogen and oxygen atoms in total. The van der Waals surface area contributed by atoms with E-state index in [-0.39, 0.29) is 24.6 Å². The molecule has 0 radical (unpaired) electrons. The molecule has 1 aromatic carbocycles. The lowest BCUT2D eigenvalue weighted by atomic mass is 10.2. The minimum atomic E-state index is -1.03. The number of benzene rings is 1. The van der Waals surface area contributed by atoms with Crippen LogP contribution in [-0.2, 0) is 14.3 Å². The van der Waals surface area contributed by atoms with Crippen molar-refractivity contribution in [2.45, 2.75) is 6.42 Å². The van der Waals surface area contributed by atoms with Crippen molar-refractivity contribution in [2.24, 2.45) is 0 Å². The molecule has 0 saturated heterocycles. The molecule has 0 aliphatic rings. The number of rotatable bonds is 8. The SMILES string of the molecule is O=C(COC(=O)CCNC(=O)c1ccsc1)Nc1ccc(F)c([N+](=O)[O-])c1. The van der Waals surface area contributed by atoms with Crippen LogP contribution in [-0.4, -0.2) is 35.9 Å². The van der Waals surface area contributed by atoms with Crippen LogP contribution in [0.4, 0.5) is 15.8 Å². The van der Waals surface area contributed by atoms with Crippen LogP contribution in [0.15, 0.2) is 35.0 Å². The van der Waals surface area contributed by atoms with E-state index >= 15 is 0 Å². The first-order chi connectivity index (χ1) is 12.9. The molecule has 2 aromatic rings. The summed E-state index contributed by atoms with van der Waals surface area (Å²) < 4.78 is 18.0. The van der Waals surface area contributed by atoms with Crippen molar-refractivity contribution in [3.8, 4) is 0 Å². The van der Waals surface area contributed by atoms with Crippen LogP contribution >= 0.6 is 11.3 Å². The van der Waals surface area contributed by atoms with Gasteiger partial charge in [0.15, 0.2) is 6.61 Å². The quantitative estimate of drug-likeness (QED) is 0.400. The lowest BCUT2D eigenvalue weighted by molar-refractivity contribution is -0.387. The van der Waals surface area contributed by atoms with E-state index in [9.17, 15) is 28.9 Å². The number of nitro benzene ring substituents is 1. The van der Waals surface area contributed by atoms with Crippen LogP contribution < -0.4 is 10.6 Å². The third-order valence-electron chi connectivity index (χ3n) is 3.19. The molecule has 0 unspecified atom stereocenters. The number of nitrogens with one attached hydrogen (secondary N) is 2. The van der Waals surface area contributed by atoms with Gasteiger partial charge in [-0.3, -0.25) is 24.5 Å². The summed E-state index contributed by atoms with van der Waals surface area (Å²) in [4.78, 5) is 44.7. The number of nitrogens with zero attached hydrogens (tertiary/aromatic N) is 1. The molecule has 0 fully saturated rings. The van der Waals surface area contributed by atoms with Gasteiger partial charge in [0.25, 0.3) is 11.8 Å². The Morgan fingerprint density at radius 2 is 2.04 bits per heavy atom. The van der Waals surface area contributed by atoms with Crippen LogP contribution in [0.25, 0.3) is 0 Å². The van der Waals surface area contributed by atoms with Crippen LogP contribution in [0.5, 0.6) is 0 Å². The number of thiophene rings is 1. The van der Waals surface area contributed by atoms with E-state index in [0.29, 0.717) is 5.56 Å². The normalized spacial score (nSPS) is 10.1. The summed E-state index contributed by atoms with van der Waals surface area (Å²) in [5.41, 5.74) is -0.306. The number of carbonyl (C=O) groups is 3. The monoisotopic (exact) mass is 395 g/mol. The number of amides is 2. The molecule has 2 amide bonds. The minimum absolute atomic E-state index is 0.00725. The molecule has 0 atom stereocenters. The van der Waals surface area contributed by atoms with Gasteiger partial charge in [0.2, 0.25) is 5.82 Å². The first-order valence-electron chi connectivity index (χ1n) is 7.56. The molecule has 2 N–H and O–H groups in total.